The van der Waals surface area contributed by atoms with Crippen molar-refractivity contribution in [1.82, 2.24) is 5.43 Å². The van der Waals surface area contributed by atoms with Crippen molar-refractivity contribution in [1.29, 1.82) is 0 Å². The molecule has 0 spiro atoms. The summed E-state index contributed by atoms with van der Waals surface area (Å²) in [6.07, 6.45) is 1.33. The summed E-state index contributed by atoms with van der Waals surface area (Å²) in [5.41, 5.74) is 3.86. The van der Waals surface area contributed by atoms with Crippen LogP contribution in [-0.2, 0) is 0 Å². The van der Waals surface area contributed by atoms with E-state index in [0.717, 1.165) is 0 Å². The lowest BCUT2D eigenvalue weighted by atomic mass is 10.1. The first-order valence-corrected chi connectivity index (χ1v) is 8.50. The van der Waals surface area contributed by atoms with Gasteiger partial charge in [-0.3, -0.25) is 9.59 Å². The van der Waals surface area contributed by atoms with Gasteiger partial charge in [0.25, 0.3) is 11.8 Å². The van der Waals surface area contributed by atoms with Crippen LogP contribution in [0.25, 0.3) is 0 Å². The highest BCUT2D eigenvalue weighted by Gasteiger charge is 2.17. The fourth-order valence-corrected chi connectivity index (χ4v) is 2.65. The fraction of sp³-hybridized carbons (Fsp3) is 0.0952. The van der Waals surface area contributed by atoms with Gasteiger partial charge < -0.3 is 9.73 Å². The minimum Gasteiger partial charge on any atom is -0.466 e. The Kier molecular flexibility index (Phi) is 5.64. The number of carbonyl (C=O) groups excluding carboxylic acids is 2. The molecule has 0 aliphatic heterocycles. The van der Waals surface area contributed by atoms with Gasteiger partial charge in [-0.25, -0.2) is 9.82 Å². The van der Waals surface area contributed by atoms with Crippen molar-refractivity contribution in [2.45, 2.75) is 13.8 Å². The summed E-state index contributed by atoms with van der Waals surface area (Å²) in [7, 11) is 0. The summed E-state index contributed by atoms with van der Waals surface area (Å²) in [6, 6.07) is 14.0. The molecular formula is C21H18FN3O3. The van der Waals surface area contributed by atoms with Crippen LogP contribution in [0, 0.1) is 19.7 Å². The number of nitrogens with one attached hydrogen (secondary N) is 2. The maximum Gasteiger partial charge on any atom is 0.273 e. The number of halogens is 1. The van der Waals surface area contributed by atoms with Crippen molar-refractivity contribution >= 4 is 23.7 Å². The number of carbonyl (C=O) groups is 2. The molecule has 0 atom stereocenters. The predicted molar refractivity (Wildman–Crippen MR) is 104 cm³/mol. The van der Waals surface area contributed by atoms with Gasteiger partial charge in [0.05, 0.1) is 23.0 Å². The van der Waals surface area contributed by atoms with E-state index in [-0.39, 0.29) is 11.5 Å². The van der Waals surface area contributed by atoms with E-state index in [1.54, 1.807) is 56.3 Å². The Bertz CT molecular complexity index is 1060. The van der Waals surface area contributed by atoms with Crippen LogP contribution in [0.5, 0.6) is 0 Å². The maximum absolute atomic E-state index is 13.2. The average molecular weight is 379 g/mol. The van der Waals surface area contributed by atoms with Crippen LogP contribution in [0.3, 0.4) is 0 Å². The van der Waals surface area contributed by atoms with Gasteiger partial charge in [-0.05, 0) is 49.7 Å². The molecule has 2 aromatic carbocycles. The lowest BCUT2D eigenvalue weighted by Gasteiger charge is -2.09. The second-order valence-electron chi connectivity index (χ2n) is 6.08. The van der Waals surface area contributed by atoms with E-state index in [1.165, 1.54) is 18.3 Å². The minimum atomic E-state index is -0.511. The molecule has 0 aliphatic rings. The van der Waals surface area contributed by atoms with E-state index in [4.69, 9.17) is 4.42 Å². The molecule has 0 radical (unpaired) electrons. The van der Waals surface area contributed by atoms with Gasteiger partial charge in [-0.2, -0.15) is 5.10 Å². The van der Waals surface area contributed by atoms with E-state index < -0.39 is 11.7 Å². The number of amides is 2. The highest BCUT2D eigenvalue weighted by atomic mass is 19.1. The van der Waals surface area contributed by atoms with Crippen molar-refractivity contribution < 1.29 is 18.4 Å². The molecule has 0 saturated heterocycles. The molecule has 0 saturated carbocycles. The Balaban J connectivity index is 1.73. The monoisotopic (exact) mass is 379 g/mol. The molecule has 0 bridgehead atoms. The summed E-state index contributed by atoms with van der Waals surface area (Å²) < 4.78 is 18.5. The molecule has 2 N–H and O–H groups in total. The smallest absolute Gasteiger partial charge is 0.273 e. The largest absolute Gasteiger partial charge is 0.466 e. The molecular weight excluding hydrogens is 361 g/mol. The zero-order valence-corrected chi connectivity index (χ0v) is 15.3. The van der Waals surface area contributed by atoms with Crippen LogP contribution in [0.15, 0.2) is 64.1 Å². The van der Waals surface area contributed by atoms with E-state index in [1.807, 2.05) is 0 Å². The van der Waals surface area contributed by atoms with Crippen LogP contribution in [0.4, 0.5) is 10.1 Å². The zero-order valence-electron chi connectivity index (χ0n) is 15.3. The molecule has 28 heavy (non-hydrogen) atoms. The van der Waals surface area contributed by atoms with Gasteiger partial charge in [0.1, 0.15) is 17.3 Å². The summed E-state index contributed by atoms with van der Waals surface area (Å²) in [4.78, 5) is 24.9. The summed E-state index contributed by atoms with van der Waals surface area (Å²) in [5, 5.41) is 6.55. The summed E-state index contributed by atoms with van der Waals surface area (Å²) in [5.74, 6) is -0.161. The van der Waals surface area contributed by atoms with Crippen molar-refractivity contribution in [3.8, 4) is 0 Å². The van der Waals surface area contributed by atoms with Crippen molar-refractivity contribution in [3.05, 3.63) is 88.6 Å². The number of rotatable bonds is 5. The van der Waals surface area contributed by atoms with Crippen LogP contribution in [0.1, 0.15) is 37.8 Å². The SMILES string of the molecule is Cc1cc(C(=O)Nc2ccccc2C(=O)NN=Cc2cccc(F)c2)c(C)o1. The Hall–Kier alpha value is -3.74. The van der Waals surface area contributed by atoms with Gasteiger partial charge in [0, 0.05) is 0 Å². The molecule has 0 fully saturated rings. The number of nitrogens with zero attached hydrogens (tertiary/aromatic N) is 1. The van der Waals surface area contributed by atoms with Gasteiger partial charge in [-0.15, -0.1) is 0 Å². The van der Waals surface area contributed by atoms with Crippen molar-refractivity contribution in [2.75, 3.05) is 5.32 Å². The lowest BCUT2D eigenvalue weighted by molar-refractivity contribution is 0.0956. The van der Waals surface area contributed by atoms with Gasteiger partial charge >= 0.3 is 0 Å². The van der Waals surface area contributed by atoms with Crippen molar-refractivity contribution in [2.24, 2.45) is 5.10 Å². The molecule has 6 nitrogen and oxygen atoms in total. The highest BCUT2D eigenvalue weighted by Crippen LogP contribution is 2.19. The second kappa shape index (κ2) is 8.30. The first-order chi connectivity index (χ1) is 13.4. The Morgan fingerprint density at radius 1 is 1.00 bits per heavy atom. The molecule has 3 rings (SSSR count). The summed E-state index contributed by atoms with van der Waals surface area (Å²) >= 11 is 0. The third kappa shape index (κ3) is 4.50. The standard InChI is InChI=1S/C21H18FN3O3/c1-13-10-18(14(2)28-13)20(26)24-19-9-4-3-8-17(19)21(27)25-23-12-15-6-5-7-16(22)11-15/h3-12H,1-2H3,(H,24,26)(H,25,27). The van der Waals surface area contributed by atoms with Gasteiger partial charge in [-0.1, -0.05) is 24.3 Å². The predicted octanol–water partition coefficient (Wildman–Crippen LogP) is 4.05. The van der Waals surface area contributed by atoms with Gasteiger partial charge in [0.2, 0.25) is 0 Å². The molecule has 142 valence electrons. The number of hydrazone groups is 1. The fourth-order valence-electron chi connectivity index (χ4n) is 2.65. The molecule has 1 heterocycles. The number of para-hydroxylation sites is 1. The van der Waals surface area contributed by atoms with E-state index in [9.17, 15) is 14.0 Å². The topological polar surface area (TPSA) is 83.7 Å². The number of hydrogen-bond donors (Lipinski definition) is 2. The number of hydrogen-bond acceptors (Lipinski definition) is 4. The average Bonchev–Trinajstić information content (AvgIpc) is 3.00. The molecule has 0 unspecified atom stereocenters. The molecule has 2 amide bonds. The molecule has 3 aromatic rings. The molecule has 7 heteroatoms. The molecule has 1 aromatic heterocycles. The highest BCUT2D eigenvalue weighted by molar-refractivity contribution is 6.09. The second-order valence-corrected chi connectivity index (χ2v) is 6.08. The number of anilines is 1. The number of benzene rings is 2. The van der Waals surface area contributed by atoms with E-state index >= 15 is 0 Å². The first-order valence-electron chi connectivity index (χ1n) is 8.50. The van der Waals surface area contributed by atoms with Crippen LogP contribution >= 0.6 is 0 Å². The van der Waals surface area contributed by atoms with Crippen LogP contribution in [0.2, 0.25) is 0 Å². The van der Waals surface area contributed by atoms with Crippen LogP contribution in [-0.4, -0.2) is 18.0 Å². The van der Waals surface area contributed by atoms with Gasteiger partial charge in [0.15, 0.2) is 0 Å². The Morgan fingerprint density at radius 2 is 1.79 bits per heavy atom. The number of furan rings is 1. The minimum absolute atomic E-state index is 0.241. The summed E-state index contributed by atoms with van der Waals surface area (Å²) in [6.45, 7) is 3.45. The third-order valence-corrected chi connectivity index (χ3v) is 3.93. The first kappa shape index (κ1) is 19.0. The Morgan fingerprint density at radius 3 is 2.50 bits per heavy atom. The van der Waals surface area contributed by atoms with Crippen LogP contribution < -0.4 is 10.7 Å². The van der Waals surface area contributed by atoms with E-state index in [0.29, 0.717) is 28.3 Å². The normalized spacial score (nSPS) is 10.8. The van der Waals surface area contributed by atoms with Crippen molar-refractivity contribution in [3.63, 3.8) is 0 Å². The Labute approximate surface area is 161 Å². The van der Waals surface area contributed by atoms with E-state index in [2.05, 4.69) is 15.8 Å². The number of aryl methyl sites for hydroxylation is 2. The zero-order chi connectivity index (χ0) is 20.1. The lowest BCUT2D eigenvalue weighted by Crippen LogP contribution is -2.21. The quantitative estimate of drug-likeness (QED) is 0.518. The third-order valence-electron chi connectivity index (χ3n) is 3.93. The maximum atomic E-state index is 13.2. The molecule has 0 aliphatic carbocycles.